The fraction of sp³-hybridized carbons (Fsp3) is 0.400. The number of anilines is 2. The van der Waals surface area contributed by atoms with Gasteiger partial charge in [0.05, 0.1) is 5.69 Å². The van der Waals surface area contributed by atoms with Crippen molar-refractivity contribution < 1.29 is 9.84 Å². The second-order valence-corrected chi connectivity index (χ2v) is 8.71. The predicted molar refractivity (Wildman–Crippen MR) is 149 cm³/mol. The van der Waals surface area contributed by atoms with Crippen molar-refractivity contribution in [3.8, 4) is 5.75 Å². The van der Waals surface area contributed by atoms with Crippen LogP contribution in [0, 0.1) is 0 Å². The van der Waals surface area contributed by atoms with Gasteiger partial charge in [-0.15, -0.1) is 0 Å². The zero-order valence-electron chi connectivity index (χ0n) is 21.5. The highest BCUT2D eigenvalue weighted by atomic mass is 16.5. The summed E-state index contributed by atoms with van der Waals surface area (Å²) in [4.78, 5) is 5.09. The number of hydrogen-bond acceptors (Lipinski definition) is 5. The molecule has 2 aliphatic rings. The van der Waals surface area contributed by atoms with Crippen LogP contribution >= 0.6 is 0 Å². The van der Waals surface area contributed by atoms with Gasteiger partial charge in [-0.3, -0.25) is 0 Å². The molecule has 0 saturated carbocycles. The van der Waals surface area contributed by atoms with E-state index in [1.807, 2.05) is 32.9 Å². The Balaban J connectivity index is 0.00000167. The average Bonchev–Trinajstić information content (AvgIpc) is 3.16. The molecule has 1 fully saturated rings. The Morgan fingerprint density at radius 2 is 1.89 bits per heavy atom. The summed E-state index contributed by atoms with van der Waals surface area (Å²) in [5, 5.41) is 12.8. The second kappa shape index (κ2) is 13.6. The zero-order chi connectivity index (χ0) is 25.0. The molecule has 2 aromatic carbocycles. The molecule has 2 aliphatic heterocycles. The first-order valence-electron chi connectivity index (χ1n) is 12.9. The maximum absolute atomic E-state index is 9.36. The standard InChI is InChI=1S/C28H35N3O2.C2H6/c1-3-24(13-12-22(2)32)28-29-26-21-25(14-15-27(26)33-28)31-18-8-17-30(19-20-31)16-7-11-23-9-5-4-6-10-23;1-2/h3-6,9-10,12-15,21,28-29,32H,2,7-8,11,16-20H2,1H3;1-2H3/b13-12-,24-3+;. The third-order valence-corrected chi connectivity index (χ3v) is 6.34. The van der Waals surface area contributed by atoms with Gasteiger partial charge in [0.25, 0.3) is 0 Å². The molecule has 0 spiro atoms. The van der Waals surface area contributed by atoms with E-state index in [-0.39, 0.29) is 12.0 Å². The van der Waals surface area contributed by atoms with E-state index in [1.54, 1.807) is 6.08 Å². The van der Waals surface area contributed by atoms with Gasteiger partial charge in [0.15, 0.2) is 6.23 Å². The van der Waals surface area contributed by atoms with Crippen molar-refractivity contribution in [3.63, 3.8) is 0 Å². The molecule has 35 heavy (non-hydrogen) atoms. The van der Waals surface area contributed by atoms with Gasteiger partial charge in [0.2, 0.25) is 0 Å². The summed E-state index contributed by atoms with van der Waals surface area (Å²) in [5.41, 5.74) is 4.62. The van der Waals surface area contributed by atoms with Gasteiger partial charge in [-0.1, -0.05) is 62.9 Å². The number of nitrogens with one attached hydrogen (secondary N) is 1. The van der Waals surface area contributed by atoms with E-state index in [9.17, 15) is 5.11 Å². The molecule has 188 valence electrons. The van der Waals surface area contributed by atoms with E-state index in [2.05, 4.69) is 70.2 Å². The lowest BCUT2D eigenvalue weighted by Gasteiger charge is -2.24. The van der Waals surface area contributed by atoms with Crippen molar-refractivity contribution in [3.05, 3.63) is 90.2 Å². The van der Waals surface area contributed by atoms with Crippen LogP contribution in [0.25, 0.3) is 0 Å². The van der Waals surface area contributed by atoms with Gasteiger partial charge < -0.3 is 25.0 Å². The minimum Gasteiger partial charge on any atom is -0.509 e. The van der Waals surface area contributed by atoms with Crippen LogP contribution in [0.15, 0.2) is 84.7 Å². The van der Waals surface area contributed by atoms with Crippen LogP contribution in [0.3, 0.4) is 0 Å². The lowest BCUT2D eigenvalue weighted by atomic mass is 10.1. The molecule has 0 aliphatic carbocycles. The fourth-order valence-electron chi connectivity index (χ4n) is 4.51. The van der Waals surface area contributed by atoms with Crippen molar-refractivity contribution in [2.45, 2.75) is 46.3 Å². The molecule has 1 atom stereocenters. The summed E-state index contributed by atoms with van der Waals surface area (Å²) in [6.07, 6.45) is 8.65. The number of allylic oxidation sites excluding steroid dienone is 2. The Morgan fingerprint density at radius 3 is 2.63 bits per heavy atom. The van der Waals surface area contributed by atoms with Gasteiger partial charge in [0, 0.05) is 30.9 Å². The number of aliphatic hydroxyl groups is 1. The first-order chi connectivity index (χ1) is 17.1. The fourth-order valence-corrected chi connectivity index (χ4v) is 4.51. The Bertz CT molecular complexity index is 1000. The maximum Gasteiger partial charge on any atom is 0.196 e. The van der Waals surface area contributed by atoms with Crippen LogP contribution < -0.4 is 15.0 Å². The highest BCUT2D eigenvalue weighted by Crippen LogP contribution is 2.37. The number of benzene rings is 2. The van der Waals surface area contributed by atoms with Gasteiger partial charge >= 0.3 is 0 Å². The molecule has 1 saturated heterocycles. The van der Waals surface area contributed by atoms with Crippen LogP contribution in [0.2, 0.25) is 0 Å². The van der Waals surface area contributed by atoms with Crippen molar-refractivity contribution in [2.24, 2.45) is 0 Å². The van der Waals surface area contributed by atoms with Gasteiger partial charge in [-0.2, -0.15) is 0 Å². The van der Waals surface area contributed by atoms with E-state index in [4.69, 9.17) is 4.74 Å². The number of aliphatic hydroxyl groups excluding tert-OH is 1. The Hall–Kier alpha value is -3.18. The van der Waals surface area contributed by atoms with E-state index in [0.717, 1.165) is 56.2 Å². The smallest absolute Gasteiger partial charge is 0.196 e. The summed E-state index contributed by atoms with van der Waals surface area (Å²) in [7, 11) is 0. The van der Waals surface area contributed by atoms with Crippen molar-refractivity contribution in [2.75, 3.05) is 42.9 Å². The second-order valence-electron chi connectivity index (χ2n) is 8.71. The molecule has 5 nitrogen and oxygen atoms in total. The first-order valence-corrected chi connectivity index (χ1v) is 12.9. The SMILES string of the molecule is C=C(O)/C=C\C(=C/C)C1Nc2cc(N3CCCN(CCCc4ccccc4)CC3)ccc2O1.CC. The largest absolute Gasteiger partial charge is 0.509 e. The molecule has 1 unspecified atom stereocenters. The van der Waals surface area contributed by atoms with Crippen LogP contribution in [0.4, 0.5) is 11.4 Å². The third-order valence-electron chi connectivity index (χ3n) is 6.34. The molecule has 0 radical (unpaired) electrons. The number of nitrogens with zero attached hydrogens (tertiary/aromatic N) is 2. The van der Waals surface area contributed by atoms with Crippen molar-refractivity contribution in [1.82, 2.24) is 4.90 Å². The summed E-state index contributed by atoms with van der Waals surface area (Å²) in [5.74, 6) is 0.888. The lowest BCUT2D eigenvalue weighted by Crippen LogP contribution is -2.31. The first kappa shape index (κ1) is 26.4. The Kier molecular flexibility index (Phi) is 10.3. The van der Waals surface area contributed by atoms with Crippen LogP contribution in [-0.4, -0.2) is 49.0 Å². The average molecular weight is 476 g/mol. The van der Waals surface area contributed by atoms with Crippen LogP contribution in [-0.2, 0) is 6.42 Å². The molecule has 0 amide bonds. The molecule has 0 bridgehead atoms. The third kappa shape index (κ3) is 7.66. The molecular formula is C30H41N3O2. The predicted octanol–water partition coefficient (Wildman–Crippen LogP) is 6.56. The molecule has 5 heteroatoms. The molecule has 2 aromatic rings. The van der Waals surface area contributed by atoms with Crippen molar-refractivity contribution in [1.29, 1.82) is 0 Å². The van der Waals surface area contributed by atoms with E-state index in [1.165, 1.54) is 24.1 Å². The monoisotopic (exact) mass is 475 g/mol. The number of rotatable bonds is 8. The molecule has 4 rings (SSSR count). The number of aryl methyl sites for hydroxylation is 1. The summed E-state index contributed by atoms with van der Waals surface area (Å²) < 4.78 is 6.09. The molecule has 0 aromatic heterocycles. The zero-order valence-corrected chi connectivity index (χ0v) is 21.5. The van der Waals surface area contributed by atoms with Crippen LogP contribution in [0.5, 0.6) is 5.75 Å². The summed E-state index contributed by atoms with van der Waals surface area (Å²) in [6, 6.07) is 17.2. The Labute approximate surface area is 211 Å². The Morgan fingerprint density at radius 1 is 1.09 bits per heavy atom. The minimum absolute atomic E-state index is 0.0300. The maximum atomic E-state index is 9.36. The summed E-state index contributed by atoms with van der Waals surface area (Å²) in [6.45, 7) is 15.0. The van der Waals surface area contributed by atoms with Gasteiger partial charge in [-0.05, 0) is 69.1 Å². The molecule has 2 heterocycles. The number of hydrogen-bond donors (Lipinski definition) is 2. The number of ether oxygens (including phenoxy) is 1. The highest BCUT2D eigenvalue weighted by molar-refractivity contribution is 5.69. The van der Waals surface area contributed by atoms with E-state index in [0.29, 0.717) is 0 Å². The quantitative estimate of drug-likeness (QED) is 0.334. The van der Waals surface area contributed by atoms with Crippen LogP contribution in [0.1, 0.15) is 39.2 Å². The molecule has 2 N–H and O–H groups in total. The highest BCUT2D eigenvalue weighted by Gasteiger charge is 2.25. The topological polar surface area (TPSA) is 48.0 Å². The van der Waals surface area contributed by atoms with Gasteiger partial charge in [-0.25, -0.2) is 0 Å². The van der Waals surface area contributed by atoms with E-state index >= 15 is 0 Å². The summed E-state index contributed by atoms with van der Waals surface area (Å²) >= 11 is 0. The van der Waals surface area contributed by atoms with Crippen molar-refractivity contribution >= 4 is 11.4 Å². The number of fused-ring (bicyclic) bond motifs is 1. The molecular weight excluding hydrogens is 434 g/mol. The lowest BCUT2D eigenvalue weighted by molar-refractivity contribution is 0.290. The minimum atomic E-state index is -0.264. The van der Waals surface area contributed by atoms with E-state index < -0.39 is 0 Å². The normalized spacial score (nSPS) is 18.2. The van der Waals surface area contributed by atoms with Gasteiger partial charge in [0.1, 0.15) is 11.5 Å².